The van der Waals surface area contributed by atoms with Crippen molar-refractivity contribution in [2.24, 2.45) is 0 Å². The van der Waals surface area contributed by atoms with Crippen molar-refractivity contribution in [1.82, 2.24) is 10.2 Å². The van der Waals surface area contributed by atoms with Gasteiger partial charge in [-0.2, -0.15) is 0 Å². The predicted molar refractivity (Wildman–Crippen MR) is 123 cm³/mol. The second-order valence-electron chi connectivity index (χ2n) is 7.26. The van der Waals surface area contributed by atoms with Crippen LogP contribution in [0, 0.1) is 0 Å². The number of nitrogens with one attached hydrogen (secondary N) is 1. The summed E-state index contributed by atoms with van der Waals surface area (Å²) in [5.41, 5.74) is 0.610. The van der Waals surface area contributed by atoms with Gasteiger partial charge in [-0.1, -0.05) is 0 Å². The standard InChI is InChI=1S/C24H27N2O2P/c1-25-24(28)19-14-16-22(17-15-19)29(18-23(27)26(2)3,20-10-6-4-7-11-20)21-12-8-5-9-13-21/h4-17,29H,18H2,1-3H3,(H,25,28). The Bertz CT molecular complexity index is 931. The minimum absolute atomic E-state index is 0.0970. The molecular weight excluding hydrogens is 379 g/mol. The van der Waals surface area contributed by atoms with E-state index in [0.717, 1.165) is 5.30 Å². The molecule has 150 valence electrons. The Hall–Kier alpha value is -2.97. The summed E-state index contributed by atoms with van der Waals surface area (Å²) in [6.07, 6.45) is 0.424. The first-order valence-corrected chi connectivity index (χ1v) is 11.8. The Labute approximate surface area is 172 Å². The van der Waals surface area contributed by atoms with E-state index in [0.29, 0.717) is 11.7 Å². The second-order valence-corrected chi connectivity index (χ2v) is 11.2. The van der Waals surface area contributed by atoms with E-state index in [4.69, 9.17) is 0 Å². The van der Waals surface area contributed by atoms with Crippen LogP contribution in [0.3, 0.4) is 0 Å². The summed E-state index contributed by atoms with van der Waals surface area (Å²) in [5.74, 6) is -0.0210. The van der Waals surface area contributed by atoms with Gasteiger partial charge in [-0.3, -0.25) is 0 Å². The molecule has 0 bridgehead atoms. The van der Waals surface area contributed by atoms with Crippen molar-refractivity contribution < 1.29 is 9.59 Å². The molecule has 0 aliphatic rings. The minimum atomic E-state index is -2.64. The third-order valence-corrected chi connectivity index (χ3v) is 10.1. The second kappa shape index (κ2) is 9.02. The summed E-state index contributed by atoms with van der Waals surface area (Å²) in [4.78, 5) is 26.7. The first kappa shape index (κ1) is 20.8. The van der Waals surface area contributed by atoms with Crippen LogP contribution in [0.25, 0.3) is 0 Å². The van der Waals surface area contributed by atoms with Gasteiger partial charge >= 0.3 is 173 Å². The van der Waals surface area contributed by atoms with Gasteiger partial charge in [0, 0.05) is 0 Å². The maximum absolute atomic E-state index is 13.0. The monoisotopic (exact) mass is 406 g/mol. The van der Waals surface area contributed by atoms with E-state index in [1.165, 1.54) is 10.6 Å². The van der Waals surface area contributed by atoms with Crippen LogP contribution in [0.15, 0.2) is 84.9 Å². The van der Waals surface area contributed by atoms with Crippen molar-refractivity contribution in [3.63, 3.8) is 0 Å². The van der Waals surface area contributed by atoms with Crippen LogP contribution in [0.1, 0.15) is 10.4 Å². The van der Waals surface area contributed by atoms with Crippen LogP contribution in [0.4, 0.5) is 0 Å². The van der Waals surface area contributed by atoms with Crippen molar-refractivity contribution in [3.05, 3.63) is 90.5 Å². The number of amides is 2. The zero-order chi connectivity index (χ0) is 20.9. The van der Waals surface area contributed by atoms with Gasteiger partial charge in [-0.05, 0) is 0 Å². The van der Waals surface area contributed by atoms with Crippen LogP contribution in [0.5, 0.6) is 0 Å². The van der Waals surface area contributed by atoms with E-state index in [-0.39, 0.29) is 11.8 Å². The molecule has 0 saturated heterocycles. The number of nitrogens with zero attached hydrogens (tertiary/aromatic N) is 1. The predicted octanol–water partition coefficient (Wildman–Crippen LogP) is 2.16. The zero-order valence-corrected chi connectivity index (χ0v) is 18.1. The Balaban J connectivity index is 2.26. The van der Waals surface area contributed by atoms with Gasteiger partial charge in [-0.25, -0.2) is 0 Å². The summed E-state index contributed by atoms with van der Waals surface area (Å²) >= 11 is 0. The number of carbonyl (C=O) groups excluding carboxylic acids is 2. The van der Waals surface area contributed by atoms with Crippen molar-refractivity contribution in [1.29, 1.82) is 0 Å². The van der Waals surface area contributed by atoms with Gasteiger partial charge in [0.25, 0.3) is 0 Å². The molecule has 0 fully saturated rings. The number of benzene rings is 3. The number of hydrogen-bond acceptors (Lipinski definition) is 2. The van der Waals surface area contributed by atoms with Crippen LogP contribution >= 0.6 is 7.26 Å². The molecule has 0 saturated carbocycles. The molecule has 0 unspecified atom stereocenters. The van der Waals surface area contributed by atoms with Gasteiger partial charge in [0.05, 0.1) is 0 Å². The van der Waals surface area contributed by atoms with Crippen LogP contribution < -0.4 is 21.2 Å². The molecule has 2 amide bonds. The number of rotatable bonds is 6. The van der Waals surface area contributed by atoms with Gasteiger partial charge < -0.3 is 0 Å². The van der Waals surface area contributed by atoms with Gasteiger partial charge in [0.1, 0.15) is 0 Å². The fraction of sp³-hybridized carbons (Fsp3) is 0.167. The molecule has 1 N–H and O–H groups in total. The summed E-state index contributed by atoms with van der Waals surface area (Å²) < 4.78 is 0. The number of hydrogen-bond donors (Lipinski definition) is 1. The van der Waals surface area contributed by atoms with E-state index < -0.39 is 7.26 Å². The van der Waals surface area contributed by atoms with Crippen LogP contribution in [0.2, 0.25) is 0 Å². The van der Waals surface area contributed by atoms with Crippen LogP contribution in [-0.4, -0.2) is 44.0 Å². The molecule has 3 rings (SSSR count). The average Bonchev–Trinajstić information content (AvgIpc) is 2.78. The van der Waals surface area contributed by atoms with Gasteiger partial charge in [0.2, 0.25) is 0 Å². The quantitative estimate of drug-likeness (QED) is 0.638. The van der Waals surface area contributed by atoms with Gasteiger partial charge in [0.15, 0.2) is 0 Å². The number of carbonyl (C=O) groups is 2. The summed E-state index contributed by atoms with van der Waals surface area (Å²) in [7, 11) is 2.58. The van der Waals surface area contributed by atoms with E-state index in [2.05, 4.69) is 29.6 Å². The first-order valence-electron chi connectivity index (χ1n) is 9.63. The van der Waals surface area contributed by atoms with Crippen molar-refractivity contribution in [2.75, 3.05) is 27.3 Å². The van der Waals surface area contributed by atoms with Gasteiger partial charge in [-0.15, -0.1) is 0 Å². The van der Waals surface area contributed by atoms with E-state index >= 15 is 0 Å². The first-order chi connectivity index (χ1) is 14.0. The Morgan fingerprint density at radius 3 is 1.62 bits per heavy atom. The van der Waals surface area contributed by atoms with E-state index in [1.54, 1.807) is 26.0 Å². The van der Waals surface area contributed by atoms with E-state index in [1.807, 2.05) is 60.7 Å². The van der Waals surface area contributed by atoms with Crippen molar-refractivity contribution in [2.45, 2.75) is 0 Å². The molecule has 0 radical (unpaired) electrons. The molecule has 0 aliphatic heterocycles. The fourth-order valence-corrected chi connectivity index (χ4v) is 8.33. The summed E-state index contributed by atoms with van der Waals surface area (Å²) in [6.45, 7) is 0. The van der Waals surface area contributed by atoms with Crippen molar-refractivity contribution in [3.8, 4) is 0 Å². The average molecular weight is 406 g/mol. The topological polar surface area (TPSA) is 49.4 Å². The van der Waals surface area contributed by atoms with Crippen molar-refractivity contribution >= 4 is 35.0 Å². The molecular formula is C24H27N2O2P. The molecule has 0 atom stereocenters. The summed E-state index contributed by atoms with van der Waals surface area (Å²) in [6, 6.07) is 28.3. The molecule has 3 aromatic carbocycles. The van der Waals surface area contributed by atoms with E-state index in [9.17, 15) is 9.59 Å². The fourth-order valence-electron chi connectivity index (χ4n) is 3.69. The molecule has 0 aromatic heterocycles. The Morgan fingerprint density at radius 1 is 0.759 bits per heavy atom. The third kappa shape index (κ3) is 4.23. The summed E-state index contributed by atoms with van der Waals surface area (Å²) in [5, 5.41) is 6.12. The van der Waals surface area contributed by atoms with Crippen LogP contribution in [-0.2, 0) is 4.79 Å². The maximum atomic E-state index is 13.0. The molecule has 0 heterocycles. The zero-order valence-electron chi connectivity index (χ0n) is 17.1. The SMILES string of the molecule is CNC(=O)c1ccc([PH](CC(=O)N(C)C)(c2ccccc2)c2ccccc2)cc1. The normalized spacial score (nSPS) is 11.6. The molecule has 4 nitrogen and oxygen atoms in total. The third-order valence-electron chi connectivity index (χ3n) is 5.32. The molecule has 3 aromatic rings. The molecule has 5 heteroatoms. The molecule has 0 aliphatic carbocycles. The molecule has 29 heavy (non-hydrogen) atoms. The Morgan fingerprint density at radius 2 is 1.21 bits per heavy atom. The Kier molecular flexibility index (Phi) is 6.46. The molecule has 0 spiro atoms.